The second kappa shape index (κ2) is 9.02. The van der Waals surface area contributed by atoms with E-state index in [-0.39, 0.29) is 25.6 Å². The Morgan fingerprint density at radius 3 is 2.23 bits per heavy atom. The van der Waals surface area contributed by atoms with E-state index in [1.54, 1.807) is 6.92 Å². The maximum absolute atomic E-state index is 12.5. The van der Waals surface area contributed by atoms with Crippen molar-refractivity contribution >= 4 is 12.1 Å². The topological polar surface area (TPSA) is 84.9 Å². The minimum absolute atomic E-state index is 0.0812. The van der Waals surface area contributed by atoms with Crippen molar-refractivity contribution in [3.63, 3.8) is 0 Å². The maximum Gasteiger partial charge on any atom is 0.407 e. The number of benzene rings is 2. The van der Waals surface area contributed by atoms with Crippen LogP contribution in [0.5, 0.6) is 0 Å². The number of carbonyl (C=O) groups excluding carboxylic acids is 1. The van der Waals surface area contributed by atoms with Gasteiger partial charge in [0.15, 0.2) is 0 Å². The summed E-state index contributed by atoms with van der Waals surface area (Å²) in [5.41, 5.74) is 3.43. The van der Waals surface area contributed by atoms with E-state index in [2.05, 4.69) is 11.2 Å². The molecule has 6 heteroatoms. The molecular weight excluding hydrogens is 382 g/mol. The molecule has 2 N–H and O–H groups in total. The second-order valence-corrected chi connectivity index (χ2v) is 7.71. The van der Waals surface area contributed by atoms with Crippen molar-refractivity contribution in [3.8, 4) is 23.5 Å². The molecule has 3 rings (SSSR count). The van der Waals surface area contributed by atoms with E-state index in [1.807, 2.05) is 48.5 Å². The second-order valence-electron chi connectivity index (χ2n) is 7.71. The van der Waals surface area contributed by atoms with Crippen molar-refractivity contribution < 1.29 is 24.2 Å². The van der Waals surface area contributed by atoms with Crippen molar-refractivity contribution in [2.45, 2.75) is 25.3 Å². The highest BCUT2D eigenvalue weighted by atomic mass is 16.5. The van der Waals surface area contributed by atoms with Crippen LogP contribution in [0.25, 0.3) is 11.1 Å². The van der Waals surface area contributed by atoms with E-state index < -0.39 is 23.5 Å². The number of rotatable bonds is 8. The summed E-state index contributed by atoms with van der Waals surface area (Å²) in [7, 11) is 1.46. The summed E-state index contributed by atoms with van der Waals surface area (Å²) in [6.45, 7) is 1.85. The number of aliphatic carboxylic acids is 1. The van der Waals surface area contributed by atoms with Crippen LogP contribution in [-0.4, -0.2) is 43.5 Å². The third kappa shape index (κ3) is 4.17. The fourth-order valence-electron chi connectivity index (χ4n) is 4.09. The van der Waals surface area contributed by atoms with Crippen molar-refractivity contribution in [3.05, 3.63) is 59.7 Å². The monoisotopic (exact) mass is 407 g/mol. The van der Waals surface area contributed by atoms with Crippen molar-refractivity contribution in [1.29, 1.82) is 0 Å². The first kappa shape index (κ1) is 21.4. The number of carboxylic acids is 1. The van der Waals surface area contributed by atoms with E-state index >= 15 is 0 Å². The number of ether oxygens (including phenoxy) is 2. The molecule has 0 saturated carbocycles. The maximum atomic E-state index is 12.5. The van der Waals surface area contributed by atoms with E-state index in [0.29, 0.717) is 0 Å². The van der Waals surface area contributed by atoms with Gasteiger partial charge in [-0.1, -0.05) is 55.5 Å². The fourth-order valence-corrected chi connectivity index (χ4v) is 4.09. The van der Waals surface area contributed by atoms with Gasteiger partial charge in [-0.15, -0.1) is 12.3 Å². The molecule has 2 atom stereocenters. The Balaban J connectivity index is 1.74. The largest absolute Gasteiger partial charge is 0.480 e. The normalized spacial score (nSPS) is 15.2. The van der Waals surface area contributed by atoms with Crippen LogP contribution >= 0.6 is 0 Å². The number of methoxy groups -OCH3 is 1. The standard InChI is InChI=1S/C24H25NO5/c1-4-13-24(2,15-29-3)21(22(26)27)25-23(28)30-14-20-18-11-7-5-9-16(18)17-10-6-8-12-19(17)20/h1,5-12,20-21H,13-15H2,2-3H3,(H,25,28)(H,26,27)/t21-,24-/m0/s1. The third-order valence-electron chi connectivity index (χ3n) is 5.53. The number of terminal acetylenes is 1. The van der Waals surface area contributed by atoms with Crippen molar-refractivity contribution in [2.24, 2.45) is 5.41 Å². The summed E-state index contributed by atoms with van der Waals surface area (Å²) in [6.07, 6.45) is 4.73. The molecule has 156 valence electrons. The van der Waals surface area contributed by atoms with E-state index in [0.717, 1.165) is 22.3 Å². The van der Waals surface area contributed by atoms with Gasteiger partial charge in [0, 0.05) is 24.9 Å². The minimum atomic E-state index is -1.25. The van der Waals surface area contributed by atoms with Crippen LogP contribution in [0.3, 0.4) is 0 Å². The number of carboxylic acid groups (broad SMARTS) is 1. The Hall–Kier alpha value is -3.30. The van der Waals surface area contributed by atoms with Gasteiger partial charge in [0.25, 0.3) is 0 Å². The SMILES string of the molecule is C#CC[C@@](C)(COC)[C@@H](NC(=O)OCC1c2ccccc2-c2ccccc21)C(=O)O. The summed E-state index contributed by atoms with van der Waals surface area (Å²) < 4.78 is 10.6. The highest BCUT2D eigenvalue weighted by Crippen LogP contribution is 2.44. The van der Waals surface area contributed by atoms with Crippen LogP contribution in [0.2, 0.25) is 0 Å². The molecule has 1 aliphatic carbocycles. The Bertz CT molecular complexity index is 934. The summed E-state index contributed by atoms with van der Waals surface area (Å²) in [4.78, 5) is 24.3. The molecule has 2 aromatic rings. The van der Waals surface area contributed by atoms with Gasteiger partial charge < -0.3 is 19.9 Å². The molecular formula is C24H25NO5. The first-order valence-electron chi connectivity index (χ1n) is 9.68. The minimum Gasteiger partial charge on any atom is -0.480 e. The Morgan fingerprint density at radius 1 is 1.17 bits per heavy atom. The van der Waals surface area contributed by atoms with Gasteiger partial charge in [0.05, 0.1) is 6.61 Å². The van der Waals surface area contributed by atoms with Crippen molar-refractivity contribution in [2.75, 3.05) is 20.3 Å². The van der Waals surface area contributed by atoms with Crippen LogP contribution in [-0.2, 0) is 14.3 Å². The van der Waals surface area contributed by atoms with Crippen LogP contribution in [0, 0.1) is 17.8 Å². The molecule has 0 aromatic heterocycles. The zero-order valence-electron chi connectivity index (χ0n) is 17.1. The molecule has 6 nitrogen and oxygen atoms in total. The summed E-state index contributed by atoms with van der Waals surface area (Å²) in [5, 5.41) is 12.1. The lowest BCUT2D eigenvalue weighted by Crippen LogP contribution is -2.53. The van der Waals surface area contributed by atoms with Gasteiger partial charge in [0.1, 0.15) is 12.6 Å². The molecule has 1 amide bonds. The Labute approximate surface area is 176 Å². The summed E-state index contributed by atoms with van der Waals surface area (Å²) in [5.74, 6) is 1.16. The van der Waals surface area contributed by atoms with Crippen LogP contribution in [0.15, 0.2) is 48.5 Å². The van der Waals surface area contributed by atoms with E-state index in [1.165, 1.54) is 7.11 Å². The molecule has 0 spiro atoms. The smallest absolute Gasteiger partial charge is 0.407 e. The number of nitrogens with one attached hydrogen (secondary N) is 1. The molecule has 0 bridgehead atoms. The van der Waals surface area contributed by atoms with E-state index in [9.17, 15) is 14.7 Å². The highest BCUT2D eigenvalue weighted by Gasteiger charge is 2.41. The van der Waals surface area contributed by atoms with Crippen LogP contribution < -0.4 is 5.32 Å². The third-order valence-corrected chi connectivity index (χ3v) is 5.53. The summed E-state index contributed by atoms with van der Waals surface area (Å²) in [6, 6.07) is 14.7. The predicted molar refractivity (Wildman–Crippen MR) is 113 cm³/mol. The highest BCUT2D eigenvalue weighted by molar-refractivity contribution is 5.81. The van der Waals surface area contributed by atoms with E-state index in [4.69, 9.17) is 15.9 Å². The first-order chi connectivity index (χ1) is 14.4. The fraction of sp³-hybridized carbons (Fsp3) is 0.333. The quantitative estimate of drug-likeness (QED) is 0.653. The number of hydrogen-bond donors (Lipinski definition) is 2. The van der Waals surface area contributed by atoms with Gasteiger partial charge in [0.2, 0.25) is 0 Å². The van der Waals surface area contributed by atoms with Crippen LogP contribution in [0.4, 0.5) is 4.79 Å². The molecule has 0 saturated heterocycles. The number of fused-ring (bicyclic) bond motifs is 3. The number of alkyl carbamates (subject to hydrolysis) is 1. The Kier molecular flexibility index (Phi) is 6.43. The lowest BCUT2D eigenvalue weighted by atomic mass is 9.80. The molecule has 2 aromatic carbocycles. The molecule has 30 heavy (non-hydrogen) atoms. The number of carbonyl (C=O) groups is 2. The summed E-state index contributed by atoms with van der Waals surface area (Å²) >= 11 is 0. The zero-order chi connectivity index (χ0) is 21.7. The lowest BCUT2D eigenvalue weighted by Gasteiger charge is -2.33. The molecule has 0 fully saturated rings. The zero-order valence-corrected chi connectivity index (χ0v) is 17.1. The Morgan fingerprint density at radius 2 is 1.73 bits per heavy atom. The number of amides is 1. The molecule has 0 aliphatic heterocycles. The van der Waals surface area contributed by atoms with Crippen molar-refractivity contribution in [1.82, 2.24) is 5.32 Å². The molecule has 0 radical (unpaired) electrons. The molecule has 1 aliphatic rings. The van der Waals surface area contributed by atoms with Gasteiger partial charge in [-0.05, 0) is 22.3 Å². The average molecular weight is 407 g/mol. The number of hydrogen-bond acceptors (Lipinski definition) is 4. The van der Waals surface area contributed by atoms with Crippen LogP contribution in [0.1, 0.15) is 30.4 Å². The van der Waals surface area contributed by atoms with Gasteiger partial charge in [-0.2, -0.15) is 0 Å². The molecule has 0 heterocycles. The predicted octanol–water partition coefficient (Wildman–Crippen LogP) is 3.65. The van der Waals surface area contributed by atoms with Gasteiger partial charge >= 0.3 is 12.1 Å². The van der Waals surface area contributed by atoms with Gasteiger partial charge in [-0.3, -0.25) is 0 Å². The van der Waals surface area contributed by atoms with Gasteiger partial charge in [-0.25, -0.2) is 9.59 Å². The average Bonchev–Trinajstić information content (AvgIpc) is 3.04. The lowest BCUT2D eigenvalue weighted by molar-refractivity contribution is -0.144. The first-order valence-corrected chi connectivity index (χ1v) is 9.68. The molecule has 0 unspecified atom stereocenters.